The fourth-order valence-corrected chi connectivity index (χ4v) is 4.37. The van der Waals surface area contributed by atoms with Crippen LogP contribution in [0.2, 0.25) is 0 Å². The molecule has 0 saturated carbocycles. The molecule has 0 bridgehead atoms. The normalized spacial score (nSPS) is 13.5. The third-order valence-electron chi connectivity index (χ3n) is 4.93. The molecule has 1 aromatic carbocycles. The van der Waals surface area contributed by atoms with Crippen LogP contribution in [0.25, 0.3) is 16.7 Å². The second kappa shape index (κ2) is 7.05. The molecular weight excluding hydrogens is 372 g/mol. The average Bonchev–Trinajstić information content (AvgIpc) is 3.39. The van der Waals surface area contributed by atoms with Crippen LogP contribution in [-0.4, -0.2) is 43.6 Å². The molecule has 1 amide bonds. The van der Waals surface area contributed by atoms with Crippen molar-refractivity contribution in [3.05, 3.63) is 64.7 Å². The van der Waals surface area contributed by atoms with Gasteiger partial charge in [0.2, 0.25) is 5.91 Å². The van der Waals surface area contributed by atoms with E-state index in [1.165, 1.54) is 16.8 Å². The number of carbonyl (C=O) groups is 1. The summed E-state index contributed by atoms with van der Waals surface area (Å²) in [6, 6.07) is 11.9. The number of rotatable bonds is 4. The van der Waals surface area contributed by atoms with Crippen molar-refractivity contribution in [2.75, 3.05) is 18.4 Å². The predicted octanol–water partition coefficient (Wildman–Crippen LogP) is 2.87. The number of hydrogen-bond acceptors (Lipinski definition) is 6. The minimum atomic E-state index is 0.0686. The monoisotopic (exact) mass is 390 g/mol. The first-order valence-electron chi connectivity index (χ1n) is 9.10. The van der Waals surface area contributed by atoms with Crippen molar-refractivity contribution in [2.45, 2.75) is 13.0 Å². The summed E-state index contributed by atoms with van der Waals surface area (Å²) < 4.78 is 1.77. The van der Waals surface area contributed by atoms with Gasteiger partial charge in [-0.15, -0.1) is 11.3 Å². The second-order valence-corrected chi connectivity index (χ2v) is 7.64. The molecule has 4 aromatic rings. The predicted molar refractivity (Wildman–Crippen MR) is 109 cm³/mol. The van der Waals surface area contributed by atoms with E-state index in [-0.39, 0.29) is 12.5 Å². The number of carbonyl (C=O) groups excluding carboxylic acids is 1. The second-order valence-electron chi connectivity index (χ2n) is 6.64. The van der Waals surface area contributed by atoms with E-state index in [1.54, 1.807) is 22.2 Å². The van der Waals surface area contributed by atoms with E-state index < -0.39 is 0 Å². The quantitative estimate of drug-likeness (QED) is 0.580. The highest BCUT2D eigenvalue weighted by Gasteiger charge is 2.21. The highest BCUT2D eigenvalue weighted by Crippen LogP contribution is 2.24. The van der Waals surface area contributed by atoms with Crippen molar-refractivity contribution in [1.82, 2.24) is 24.6 Å². The van der Waals surface area contributed by atoms with Gasteiger partial charge in [0.15, 0.2) is 5.65 Å². The molecular formula is C20H18N6OS. The maximum absolute atomic E-state index is 12.7. The smallest absolute Gasteiger partial charge is 0.242 e. The summed E-state index contributed by atoms with van der Waals surface area (Å²) in [7, 11) is 0. The van der Waals surface area contributed by atoms with Crippen molar-refractivity contribution in [2.24, 2.45) is 0 Å². The van der Waals surface area contributed by atoms with Crippen LogP contribution in [0.4, 0.5) is 5.82 Å². The van der Waals surface area contributed by atoms with E-state index in [1.807, 2.05) is 35.2 Å². The molecule has 0 atom stereocenters. The van der Waals surface area contributed by atoms with Crippen LogP contribution in [0.3, 0.4) is 0 Å². The van der Waals surface area contributed by atoms with Gasteiger partial charge in [-0.3, -0.25) is 4.79 Å². The Bertz CT molecular complexity index is 1140. The summed E-state index contributed by atoms with van der Waals surface area (Å²) in [5.74, 6) is 0.688. The molecule has 0 spiro atoms. The van der Waals surface area contributed by atoms with Crippen molar-refractivity contribution in [3.63, 3.8) is 0 Å². The first-order chi connectivity index (χ1) is 13.8. The molecule has 28 heavy (non-hydrogen) atoms. The molecule has 140 valence electrons. The van der Waals surface area contributed by atoms with E-state index in [9.17, 15) is 4.79 Å². The molecule has 5 rings (SSSR count). The Balaban J connectivity index is 1.33. The maximum atomic E-state index is 12.7. The lowest BCUT2D eigenvalue weighted by atomic mass is 10.1. The van der Waals surface area contributed by atoms with Gasteiger partial charge in [-0.05, 0) is 35.6 Å². The van der Waals surface area contributed by atoms with Crippen LogP contribution in [0.1, 0.15) is 10.4 Å². The Labute approximate surface area is 165 Å². The Morgan fingerprint density at radius 2 is 2.07 bits per heavy atom. The Morgan fingerprint density at radius 3 is 2.96 bits per heavy atom. The standard InChI is InChI=1S/C20H18N6OS/c27-18(25-8-6-17-14(12-25)7-9-28-17)11-21-19-16-10-24-26(20(16)23-13-22-19)15-4-2-1-3-5-15/h1-5,7,9-10,13H,6,8,11-12H2,(H,21,22,23). The van der Waals surface area contributed by atoms with Gasteiger partial charge in [-0.2, -0.15) is 5.10 Å². The number of anilines is 1. The van der Waals surface area contributed by atoms with E-state index in [4.69, 9.17) is 0 Å². The number of nitrogens with zero attached hydrogens (tertiary/aromatic N) is 5. The lowest BCUT2D eigenvalue weighted by Gasteiger charge is -2.27. The first-order valence-corrected chi connectivity index (χ1v) is 9.98. The number of hydrogen-bond donors (Lipinski definition) is 1. The lowest BCUT2D eigenvalue weighted by Crippen LogP contribution is -2.38. The van der Waals surface area contributed by atoms with Crippen LogP contribution in [0.5, 0.6) is 0 Å². The highest BCUT2D eigenvalue weighted by atomic mass is 32.1. The molecule has 0 aliphatic carbocycles. The van der Waals surface area contributed by atoms with Gasteiger partial charge in [0.1, 0.15) is 12.1 Å². The summed E-state index contributed by atoms with van der Waals surface area (Å²) >= 11 is 1.77. The van der Waals surface area contributed by atoms with E-state index in [0.29, 0.717) is 18.0 Å². The first kappa shape index (κ1) is 16.9. The number of benzene rings is 1. The third kappa shape index (κ3) is 3.01. The minimum Gasteiger partial charge on any atom is -0.360 e. The largest absolute Gasteiger partial charge is 0.360 e. The van der Waals surface area contributed by atoms with Crippen LogP contribution in [0, 0.1) is 0 Å². The van der Waals surface area contributed by atoms with Crippen LogP contribution < -0.4 is 5.32 Å². The molecule has 8 heteroatoms. The Morgan fingerprint density at radius 1 is 1.18 bits per heavy atom. The molecule has 1 aliphatic rings. The van der Waals surface area contributed by atoms with Gasteiger partial charge >= 0.3 is 0 Å². The maximum Gasteiger partial charge on any atom is 0.242 e. The molecule has 1 aliphatic heterocycles. The van der Waals surface area contributed by atoms with Gasteiger partial charge in [-0.25, -0.2) is 14.6 Å². The van der Waals surface area contributed by atoms with Crippen molar-refractivity contribution >= 4 is 34.1 Å². The number of fused-ring (bicyclic) bond motifs is 2. The van der Waals surface area contributed by atoms with Gasteiger partial charge in [0.25, 0.3) is 0 Å². The van der Waals surface area contributed by atoms with Gasteiger partial charge in [-0.1, -0.05) is 18.2 Å². The van der Waals surface area contributed by atoms with Crippen LogP contribution in [0.15, 0.2) is 54.3 Å². The number of amides is 1. The Kier molecular flexibility index (Phi) is 4.25. The van der Waals surface area contributed by atoms with Gasteiger partial charge in [0.05, 0.1) is 23.8 Å². The number of para-hydroxylation sites is 1. The molecule has 0 saturated heterocycles. The average molecular weight is 390 g/mol. The van der Waals surface area contributed by atoms with Gasteiger partial charge in [0, 0.05) is 18.0 Å². The third-order valence-corrected chi connectivity index (χ3v) is 5.96. The van der Waals surface area contributed by atoms with E-state index >= 15 is 0 Å². The summed E-state index contributed by atoms with van der Waals surface area (Å²) in [6.45, 7) is 1.64. The molecule has 1 N–H and O–H groups in total. The number of thiophene rings is 1. The van der Waals surface area contributed by atoms with Crippen LogP contribution >= 0.6 is 11.3 Å². The molecule has 0 unspecified atom stereocenters. The summed E-state index contributed by atoms with van der Waals surface area (Å²) in [6.07, 6.45) is 4.16. The summed E-state index contributed by atoms with van der Waals surface area (Å²) in [4.78, 5) is 24.6. The fourth-order valence-electron chi connectivity index (χ4n) is 3.48. The zero-order valence-corrected chi connectivity index (χ0v) is 15.9. The number of aromatic nitrogens is 4. The minimum absolute atomic E-state index is 0.0686. The van der Waals surface area contributed by atoms with Crippen molar-refractivity contribution < 1.29 is 4.79 Å². The lowest BCUT2D eigenvalue weighted by molar-refractivity contribution is -0.130. The SMILES string of the molecule is O=C(CNc1ncnc2c1cnn2-c1ccccc1)N1CCc2sccc2C1. The summed E-state index contributed by atoms with van der Waals surface area (Å²) in [5.41, 5.74) is 2.90. The number of nitrogens with one attached hydrogen (secondary N) is 1. The van der Waals surface area contributed by atoms with E-state index in [2.05, 4.69) is 31.8 Å². The Hall–Kier alpha value is -3.26. The van der Waals surface area contributed by atoms with Crippen molar-refractivity contribution in [1.29, 1.82) is 0 Å². The molecule has 0 fully saturated rings. The molecule has 3 aromatic heterocycles. The zero-order valence-electron chi connectivity index (χ0n) is 15.1. The summed E-state index contributed by atoms with van der Waals surface area (Å²) in [5, 5.41) is 10.5. The van der Waals surface area contributed by atoms with E-state index in [0.717, 1.165) is 24.0 Å². The molecule has 0 radical (unpaired) electrons. The highest BCUT2D eigenvalue weighted by molar-refractivity contribution is 7.10. The van der Waals surface area contributed by atoms with Crippen LogP contribution in [-0.2, 0) is 17.8 Å². The van der Waals surface area contributed by atoms with Crippen molar-refractivity contribution in [3.8, 4) is 5.69 Å². The topological polar surface area (TPSA) is 75.9 Å². The fraction of sp³-hybridized carbons (Fsp3) is 0.200. The molecule has 7 nitrogen and oxygen atoms in total. The molecule has 4 heterocycles. The van der Waals surface area contributed by atoms with Gasteiger partial charge < -0.3 is 10.2 Å². The zero-order chi connectivity index (χ0) is 18.9.